The van der Waals surface area contributed by atoms with Gasteiger partial charge in [-0.3, -0.25) is 4.79 Å². The first-order valence-electron chi connectivity index (χ1n) is 7.75. The van der Waals surface area contributed by atoms with Gasteiger partial charge in [0.2, 0.25) is 5.90 Å². The molecule has 1 heterocycles. The maximum atomic E-state index is 11.9. The molecule has 1 aliphatic heterocycles. The van der Waals surface area contributed by atoms with E-state index in [2.05, 4.69) is 15.6 Å². The Morgan fingerprint density at radius 3 is 2.61 bits per heavy atom. The Morgan fingerprint density at radius 1 is 1.43 bits per heavy atom. The number of nitrogens with one attached hydrogen (secondary N) is 2. The van der Waals surface area contributed by atoms with Crippen LogP contribution in [-0.2, 0) is 14.3 Å². The first-order valence-corrected chi connectivity index (χ1v) is 7.75. The number of aliphatic imine (C=N–C) groups is 1. The number of hydrogen-bond acceptors (Lipinski definition) is 6. The van der Waals surface area contributed by atoms with Gasteiger partial charge in [0.1, 0.15) is 11.6 Å². The van der Waals surface area contributed by atoms with Crippen molar-refractivity contribution in [2.45, 2.75) is 57.7 Å². The third-order valence-electron chi connectivity index (χ3n) is 3.16. The van der Waals surface area contributed by atoms with Crippen molar-refractivity contribution in [2.75, 3.05) is 20.2 Å². The fourth-order valence-electron chi connectivity index (χ4n) is 2.23. The van der Waals surface area contributed by atoms with Gasteiger partial charge in [0.05, 0.1) is 19.6 Å². The van der Waals surface area contributed by atoms with E-state index in [1.807, 2.05) is 0 Å². The van der Waals surface area contributed by atoms with Gasteiger partial charge in [-0.25, -0.2) is 9.79 Å². The number of carbonyl (C=O) groups is 2. The Morgan fingerprint density at radius 2 is 2.13 bits per heavy atom. The molecular weight excluding hydrogens is 302 g/mol. The number of hydrogen-bond donors (Lipinski definition) is 3. The standard InChI is InChI=1S/C15H27N3O5/c1-15(2,3)23-14(21)18-11(8-12(19)20)13(22-4)17-10-6-5-7-16-9-10/h10-11,16H,5-9H2,1-4H3,(H,18,21)(H,19,20)/t10?,11-/m0/s1. The molecule has 1 amide bonds. The van der Waals surface area contributed by atoms with E-state index in [0.29, 0.717) is 6.54 Å². The number of ether oxygens (including phenoxy) is 2. The molecule has 1 unspecified atom stereocenters. The van der Waals surface area contributed by atoms with Crippen molar-refractivity contribution in [3.05, 3.63) is 0 Å². The van der Waals surface area contributed by atoms with Crippen LogP contribution in [-0.4, -0.2) is 61.0 Å². The molecule has 0 spiro atoms. The van der Waals surface area contributed by atoms with E-state index in [1.165, 1.54) is 7.11 Å². The zero-order chi connectivity index (χ0) is 17.5. The van der Waals surface area contributed by atoms with Crippen LogP contribution in [0.2, 0.25) is 0 Å². The van der Waals surface area contributed by atoms with Crippen LogP contribution in [0.5, 0.6) is 0 Å². The number of alkyl carbamates (subject to hydrolysis) is 1. The molecule has 1 fully saturated rings. The minimum Gasteiger partial charge on any atom is -0.483 e. The van der Waals surface area contributed by atoms with Crippen molar-refractivity contribution < 1.29 is 24.2 Å². The van der Waals surface area contributed by atoms with E-state index in [9.17, 15) is 9.59 Å². The van der Waals surface area contributed by atoms with Crippen LogP contribution in [0.15, 0.2) is 4.99 Å². The number of nitrogens with zero attached hydrogens (tertiary/aromatic N) is 1. The fraction of sp³-hybridized carbons (Fsp3) is 0.800. The summed E-state index contributed by atoms with van der Waals surface area (Å²) in [6.45, 7) is 6.86. The molecule has 0 saturated carbocycles. The SMILES string of the molecule is COC(=NC1CCCNC1)[C@H](CC(=O)O)NC(=O)OC(C)(C)C. The lowest BCUT2D eigenvalue weighted by Gasteiger charge is -2.25. The van der Waals surface area contributed by atoms with Crippen LogP contribution in [0.3, 0.4) is 0 Å². The predicted molar refractivity (Wildman–Crippen MR) is 85.7 cm³/mol. The maximum Gasteiger partial charge on any atom is 0.408 e. The van der Waals surface area contributed by atoms with Crippen molar-refractivity contribution in [3.63, 3.8) is 0 Å². The molecule has 23 heavy (non-hydrogen) atoms. The molecule has 3 N–H and O–H groups in total. The lowest BCUT2D eigenvalue weighted by molar-refractivity contribution is -0.137. The second-order valence-electron chi connectivity index (χ2n) is 6.47. The zero-order valence-corrected chi connectivity index (χ0v) is 14.2. The van der Waals surface area contributed by atoms with Gasteiger partial charge in [0.15, 0.2) is 0 Å². The van der Waals surface area contributed by atoms with Gasteiger partial charge in [-0.15, -0.1) is 0 Å². The number of carbonyl (C=O) groups excluding carboxylic acids is 1. The van der Waals surface area contributed by atoms with E-state index >= 15 is 0 Å². The fourth-order valence-corrected chi connectivity index (χ4v) is 2.23. The average Bonchev–Trinajstić information content (AvgIpc) is 2.42. The number of carboxylic acid groups (broad SMARTS) is 1. The summed E-state index contributed by atoms with van der Waals surface area (Å²) in [6.07, 6.45) is 0.863. The predicted octanol–water partition coefficient (Wildman–Crippen LogP) is 1.15. The summed E-state index contributed by atoms with van der Waals surface area (Å²) in [7, 11) is 1.42. The lowest BCUT2D eigenvalue weighted by Crippen LogP contribution is -2.46. The molecule has 1 aliphatic rings. The first kappa shape index (κ1) is 19.2. The summed E-state index contributed by atoms with van der Waals surface area (Å²) < 4.78 is 10.4. The summed E-state index contributed by atoms with van der Waals surface area (Å²) in [5.41, 5.74) is -0.671. The Bertz CT molecular complexity index is 439. The van der Waals surface area contributed by atoms with Gasteiger partial charge in [-0.2, -0.15) is 0 Å². The van der Waals surface area contributed by atoms with Gasteiger partial charge < -0.3 is 25.2 Å². The van der Waals surface area contributed by atoms with E-state index < -0.39 is 23.7 Å². The summed E-state index contributed by atoms with van der Waals surface area (Å²) in [4.78, 5) is 27.4. The van der Waals surface area contributed by atoms with E-state index in [4.69, 9.17) is 14.6 Å². The highest BCUT2D eigenvalue weighted by Gasteiger charge is 2.27. The maximum absolute atomic E-state index is 11.9. The topological polar surface area (TPSA) is 109 Å². The van der Waals surface area contributed by atoms with Gasteiger partial charge in [0, 0.05) is 6.54 Å². The Kier molecular flexibility index (Phi) is 7.28. The third-order valence-corrected chi connectivity index (χ3v) is 3.16. The van der Waals surface area contributed by atoms with Crippen molar-refractivity contribution >= 4 is 18.0 Å². The molecule has 0 aromatic heterocycles. The number of aliphatic carboxylic acids is 1. The normalized spacial score (nSPS) is 20.5. The molecule has 132 valence electrons. The molecule has 0 aromatic rings. The molecule has 0 aliphatic carbocycles. The number of carboxylic acids is 1. The second kappa shape index (κ2) is 8.71. The summed E-state index contributed by atoms with van der Waals surface area (Å²) in [5, 5.41) is 14.8. The molecule has 1 saturated heterocycles. The molecular formula is C15H27N3O5. The minimum atomic E-state index is -1.06. The summed E-state index contributed by atoms with van der Waals surface area (Å²) in [6, 6.07) is -0.857. The van der Waals surface area contributed by atoms with Gasteiger partial charge >= 0.3 is 12.1 Å². The Hall–Kier alpha value is -1.83. The summed E-state index contributed by atoms with van der Waals surface area (Å²) >= 11 is 0. The molecule has 0 bridgehead atoms. The van der Waals surface area contributed by atoms with Crippen LogP contribution in [0.25, 0.3) is 0 Å². The molecule has 0 aromatic carbocycles. The van der Waals surface area contributed by atoms with Gasteiger partial charge in [-0.1, -0.05) is 0 Å². The number of methoxy groups -OCH3 is 1. The first-order chi connectivity index (χ1) is 10.7. The molecule has 2 atom stereocenters. The van der Waals surface area contributed by atoms with Crippen LogP contribution in [0.4, 0.5) is 4.79 Å². The number of piperidine rings is 1. The van der Waals surface area contributed by atoms with Crippen LogP contribution >= 0.6 is 0 Å². The van der Waals surface area contributed by atoms with E-state index in [0.717, 1.165) is 19.4 Å². The van der Waals surface area contributed by atoms with E-state index in [1.54, 1.807) is 20.8 Å². The number of rotatable bonds is 5. The molecule has 0 radical (unpaired) electrons. The Balaban J connectivity index is 2.82. The van der Waals surface area contributed by atoms with Crippen molar-refractivity contribution in [2.24, 2.45) is 4.99 Å². The lowest BCUT2D eigenvalue weighted by atomic mass is 10.1. The highest BCUT2D eigenvalue weighted by molar-refractivity contribution is 5.89. The van der Waals surface area contributed by atoms with E-state index in [-0.39, 0.29) is 18.4 Å². The second-order valence-corrected chi connectivity index (χ2v) is 6.47. The van der Waals surface area contributed by atoms with Gasteiger partial charge in [-0.05, 0) is 40.2 Å². The zero-order valence-electron chi connectivity index (χ0n) is 14.2. The number of amides is 1. The molecule has 1 rings (SSSR count). The van der Waals surface area contributed by atoms with Crippen LogP contribution in [0.1, 0.15) is 40.0 Å². The highest BCUT2D eigenvalue weighted by Crippen LogP contribution is 2.10. The molecule has 8 nitrogen and oxygen atoms in total. The van der Waals surface area contributed by atoms with Crippen LogP contribution < -0.4 is 10.6 Å². The smallest absolute Gasteiger partial charge is 0.408 e. The highest BCUT2D eigenvalue weighted by atomic mass is 16.6. The minimum absolute atomic E-state index is 0.00966. The third kappa shape index (κ3) is 7.83. The summed E-state index contributed by atoms with van der Waals surface area (Å²) in [5.74, 6) is -0.857. The Labute approximate surface area is 136 Å². The monoisotopic (exact) mass is 329 g/mol. The van der Waals surface area contributed by atoms with Crippen molar-refractivity contribution in [3.8, 4) is 0 Å². The average molecular weight is 329 g/mol. The largest absolute Gasteiger partial charge is 0.483 e. The quantitative estimate of drug-likeness (QED) is 0.516. The molecule has 8 heteroatoms. The van der Waals surface area contributed by atoms with Gasteiger partial charge in [0.25, 0.3) is 0 Å². The van der Waals surface area contributed by atoms with Crippen LogP contribution in [0, 0.1) is 0 Å². The van der Waals surface area contributed by atoms with Crippen molar-refractivity contribution in [1.82, 2.24) is 10.6 Å². The van der Waals surface area contributed by atoms with Crippen molar-refractivity contribution in [1.29, 1.82) is 0 Å².